The molecule has 0 aliphatic heterocycles. The summed E-state index contributed by atoms with van der Waals surface area (Å²) in [5.41, 5.74) is 0.941. The zero-order valence-corrected chi connectivity index (χ0v) is 17.6. The van der Waals surface area contributed by atoms with Crippen molar-refractivity contribution in [3.63, 3.8) is 0 Å². The third-order valence-electron chi connectivity index (χ3n) is 3.76. The summed E-state index contributed by atoms with van der Waals surface area (Å²) in [5.74, 6) is 1.05. The minimum atomic E-state index is -0.438. The molecule has 0 spiro atoms. The van der Waals surface area contributed by atoms with Crippen molar-refractivity contribution < 1.29 is 9.47 Å². The molecule has 10 heteroatoms. The topological polar surface area (TPSA) is 81.5 Å². The Hall–Kier alpha value is -2.68. The molecule has 0 amide bonds. The first kappa shape index (κ1) is 21.0. The number of H-pyrrole nitrogens is 1. The van der Waals surface area contributed by atoms with Gasteiger partial charge in [0.2, 0.25) is 4.77 Å². The molecule has 1 N–H and O–H groups in total. The maximum absolute atomic E-state index is 11.8. The van der Waals surface area contributed by atoms with Crippen LogP contribution in [-0.2, 0) is 6.61 Å². The van der Waals surface area contributed by atoms with Crippen LogP contribution in [0.1, 0.15) is 18.1 Å². The Morgan fingerprint density at radius 1 is 1.21 bits per heavy atom. The third kappa shape index (κ3) is 5.23. The molecule has 2 aromatic carbocycles. The van der Waals surface area contributed by atoms with Gasteiger partial charge in [0.15, 0.2) is 11.5 Å². The van der Waals surface area contributed by atoms with Gasteiger partial charge in [0, 0.05) is 15.6 Å². The van der Waals surface area contributed by atoms with Crippen LogP contribution in [0.3, 0.4) is 0 Å². The van der Waals surface area contributed by atoms with E-state index in [1.165, 1.54) is 6.21 Å². The van der Waals surface area contributed by atoms with Crippen molar-refractivity contribution in [2.24, 2.45) is 5.10 Å². The van der Waals surface area contributed by atoms with Gasteiger partial charge in [0.1, 0.15) is 12.8 Å². The minimum absolute atomic E-state index is 0.0929. The van der Waals surface area contributed by atoms with Crippen LogP contribution in [0.4, 0.5) is 0 Å². The van der Waals surface area contributed by atoms with Gasteiger partial charge in [-0.15, -0.1) is 0 Å². The molecule has 3 aromatic rings. The Morgan fingerprint density at radius 3 is 2.66 bits per heavy atom. The zero-order chi connectivity index (χ0) is 20.8. The van der Waals surface area contributed by atoms with Gasteiger partial charge >= 0.3 is 0 Å². The van der Waals surface area contributed by atoms with E-state index in [-0.39, 0.29) is 11.4 Å². The summed E-state index contributed by atoms with van der Waals surface area (Å²) >= 11 is 17.4. The van der Waals surface area contributed by atoms with Crippen molar-refractivity contribution in [3.05, 3.63) is 78.9 Å². The van der Waals surface area contributed by atoms with Crippen LogP contribution in [0.2, 0.25) is 10.0 Å². The smallest absolute Gasteiger partial charge is 0.293 e. The quantitative estimate of drug-likeness (QED) is 0.424. The summed E-state index contributed by atoms with van der Waals surface area (Å²) in [7, 11) is 0. The van der Waals surface area contributed by atoms with Crippen LogP contribution < -0.4 is 15.0 Å². The number of hydrogen-bond donors (Lipinski definition) is 1. The lowest BCUT2D eigenvalue weighted by Gasteiger charge is -2.14. The minimum Gasteiger partial charge on any atom is -0.490 e. The summed E-state index contributed by atoms with van der Waals surface area (Å²) < 4.78 is 12.7. The lowest BCUT2D eigenvalue weighted by atomic mass is 10.2. The molecule has 0 atom stereocenters. The van der Waals surface area contributed by atoms with E-state index in [4.69, 9.17) is 44.9 Å². The third-order valence-corrected chi connectivity index (χ3v) is 4.73. The highest BCUT2D eigenvalue weighted by atomic mass is 35.5. The molecule has 29 heavy (non-hydrogen) atoms. The van der Waals surface area contributed by atoms with E-state index in [1.54, 1.807) is 36.4 Å². The standard InChI is InChI=1S/C19H16Cl2N4O3S/c1-2-27-17-8-12(9-23-25-18(26)10-22-24-19(25)29)6-7-16(17)28-11-13-14(20)4-3-5-15(13)21/h3-10H,2,11H2,1H3,(H,24,29)/b23-9-. The second kappa shape index (κ2) is 9.69. The number of benzene rings is 2. The Kier molecular flexibility index (Phi) is 7.03. The van der Waals surface area contributed by atoms with Crippen molar-refractivity contribution in [2.45, 2.75) is 13.5 Å². The van der Waals surface area contributed by atoms with Gasteiger partial charge in [-0.3, -0.25) is 9.89 Å². The molecule has 0 radical (unpaired) electrons. The molecule has 0 saturated heterocycles. The molecule has 0 aliphatic carbocycles. The van der Waals surface area contributed by atoms with Gasteiger partial charge in [0.25, 0.3) is 5.56 Å². The predicted octanol–water partition coefficient (Wildman–Crippen LogP) is 4.47. The normalized spacial score (nSPS) is 11.0. The number of ether oxygens (including phenoxy) is 2. The van der Waals surface area contributed by atoms with Crippen molar-refractivity contribution in [2.75, 3.05) is 6.61 Å². The predicted molar refractivity (Wildman–Crippen MR) is 115 cm³/mol. The molecule has 0 unspecified atom stereocenters. The van der Waals surface area contributed by atoms with Crippen molar-refractivity contribution in [1.29, 1.82) is 0 Å². The molecule has 3 rings (SSSR count). The number of hydrogen-bond acceptors (Lipinski definition) is 6. The number of nitrogens with one attached hydrogen (secondary N) is 1. The molecule has 7 nitrogen and oxygen atoms in total. The molecular weight excluding hydrogens is 435 g/mol. The van der Waals surface area contributed by atoms with E-state index in [9.17, 15) is 4.79 Å². The average Bonchev–Trinajstić information content (AvgIpc) is 2.69. The van der Waals surface area contributed by atoms with Crippen LogP contribution in [0.15, 0.2) is 52.5 Å². The van der Waals surface area contributed by atoms with Gasteiger partial charge in [-0.1, -0.05) is 29.3 Å². The van der Waals surface area contributed by atoms with Gasteiger partial charge in [-0.2, -0.15) is 14.9 Å². The van der Waals surface area contributed by atoms with Crippen LogP contribution in [0.5, 0.6) is 11.5 Å². The fraction of sp³-hybridized carbons (Fsp3) is 0.158. The fourth-order valence-corrected chi connectivity index (χ4v) is 3.09. The second-order valence-corrected chi connectivity index (χ2v) is 6.90. The van der Waals surface area contributed by atoms with Crippen LogP contribution in [-0.4, -0.2) is 27.7 Å². The Bertz CT molecular complexity index is 1110. The fourth-order valence-electron chi connectivity index (χ4n) is 2.39. The number of rotatable bonds is 7. The second-order valence-electron chi connectivity index (χ2n) is 5.70. The van der Waals surface area contributed by atoms with Gasteiger partial charge in [-0.25, -0.2) is 0 Å². The SMILES string of the molecule is CCOc1cc(/C=N\n2c(=O)cn[nH]c2=S)ccc1OCc1c(Cl)cccc1Cl. The summed E-state index contributed by atoms with van der Waals surface area (Å²) in [4.78, 5) is 11.8. The molecular formula is C19H16Cl2N4O3S. The highest BCUT2D eigenvalue weighted by Crippen LogP contribution is 2.31. The van der Waals surface area contributed by atoms with Gasteiger partial charge in [-0.05, 0) is 55.0 Å². The highest BCUT2D eigenvalue weighted by molar-refractivity contribution is 7.71. The highest BCUT2D eigenvalue weighted by Gasteiger charge is 2.10. The van der Waals surface area contributed by atoms with Crippen molar-refractivity contribution in [1.82, 2.24) is 14.9 Å². The number of aromatic nitrogens is 3. The number of aromatic amines is 1. The average molecular weight is 451 g/mol. The molecule has 0 saturated carbocycles. The maximum atomic E-state index is 11.8. The molecule has 150 valence electrons. The van der Waals surface area contributed by atoms with E-state index >= 15 is 0 Å². The van der Waals surface area contributed by atoms with E-state index in [0.29, 0.717) is 39.3 Å². The molecule has 0 aliphatic rings. The number of halogens is 2. The number of nitrogens with zero attached hydrogens (tertiary/aromatic N) is 3. The van der Waals surface area contributed by atoms with E-state index in [1.807, 2.05) is 6.92 Å². The molecule has 1 heterocycles. The molecule has 0 fully saturated rings. The largest absolute Gasteiger partial charge is 0.490 e. The Morgan fingerprint density at radius 2 is 1.97 bits per heavy atom. The van der Waals surface area contributed by atoms with Crippen LogP contribution in [0, 0.1) is 4.77 Å². The van der Waals surface area contributed by atoms with E-state index in [0.717, 1.165) is 10.9 Å². The zero-order valence-electron chi connectivity index (χ0n) is 15.3. The molecule has 0 bridgehead atoms. The Labute approximate surface area is 181 Å². The van der Waals surface area contributed by atoms with Gasteiger partial charge in [0.05, 0.1) is 12.8 Å². The first-order valence-electron chi connectivity index (χ1n) is 8.53. The van der Waals surface area contributed by atoms with Crippen molar-refractivity contribution >= 4 is 41.6 Å². The van der Waals surface area contributed by atoms with Crippen molar-refractivity contribution in [3.8, 4) is 11.5 Å². The lowest BCUT2D eigenvalue weighted by Crippen LogP contribution is -2.18. The monoisotopic (exact) mass is 450 g/mol. The van der Waals surface area contributed by atoms with E-state index in [2.05, 4.69) is 15.3 Å². The summed E-state index contributed by atoms with van der Waals surface area (Å²) in [5, 5.41) is 11.3. The van der Waals surface area contributed by atoms with Gasteiger partial charge < -0.3 is 9.47 Å². The van der Waals surface area contributed by atoms with Crippen LogP contribution in [0.25, 0.3) is 0 Å². The summed E-state index contributed by atoms with van der Waals surface area (Å²) in [6.07, 6.45) is 2.58. The summed E-state index contributed by atoms with van der Waals surface area (Å²) in [6, 6.07) is 10.5. The lowest BCUT2D eigenvalue weighted by molar-refractivity contribution is 0.269. The summed E-state index contributed by atoms with van der Waals surface area (Å²) in [6.45, 7) is 2.50. The first-order chi connectivity index (χ1) is 14.0. The Balaban J connectivity index is 1.84. The van der Waals surface area contributed by atoms with E-state index < -0.39 is 5.56 Å². The molecule has 1 aromatic heterocycles. The first-order valence-corrected chi connectivity index (χ1v) is 9.69. The maximum Gasteiger partial charge on any atom is 0.293 e. The van der Waals surface area contributed by atoms with Crippen LogP contribution >= 0.6 is 35.4 Å².